The molecule has 0 aliphatic heterocycles. The number of hydrogen-bond donors (Lipinski definition) is 2. The maximum Gasteiger partial charge on any atom is 0.310 e. The van der Waals surface area contributed by atoms with Gasteiger partial charge in [-0.1, -0.05) is 39.8 Å². The molecule has 0 aromatic carbocycles. The summed E-state index contributed by atoms with van der Waals surface area (Å²) in [5.41, 5.74) is -1.58. The SMILES string of the molecule is C=C(C)[C@@H]1CC[C@]2(C(=O)O)CC[C@]3(C(=O)O)[C@H](CC[C@H]4[C@@]5(C)CCC(=O)C(C)(C)[C@@H]5CC[C@]43C)[C@@H]12. The predicted molar refractivity (Wildman–Crippen MR) is 134 cm³/mol. The monoisotopic (exact) mass is 484 g/mol. The predicted octanol–water partition coefficient (Wildman–Crippen LogP) is 6.36. The largest absolute Gasteiger partial charge is 0.481 e. The number of aliphatic carboxylic acids is 2. The maximum atomic E-state index is 13.5. The van der Waals surface area contributed by atoms with Crippen LogP contribution in [0.3, 0.4) is 0 Å². The third-order valence-electron chi connectivity index (χ3n) is 13.0. The first kappa shape index (κ1) is 25.0. The lowest BCUT2D eigenvalue weighted by molar-refractivity contribution is -0.245. The third kappa shape index (κ3) is 2.79. The summed E-state index contributed by atoms with van der Waals surface area (Å²) in [4.78, 5) is 39.2. The van der Waals surface area contributed by atoms with Crippen LogP contribution in [0, 0.1) is 56.7 Å². The number of carboxylic acids is 2. The van der Waals surface area contributed by atoms with Gasteiger partial charge in [-0.05, 0) is 105 Å². The molecule has 0 aromatic rings. The molecule has 0 unspecified atom stereocenters. The number of carbonyl (C=O) groups is 3. The van der Waals surface area contributed by atoms with Gasteiger partial charge in [-0.25, -0.2) is 0 Å². The Morgan fingerprint density at radius 2 is 1.54 bits per heavy atom. The number of Topliss-reactive ketones (excluding diaryl/α,β-unsaturated/α-hetero) is 1. The highest BCUT2D eigenvalue weighted by Gasteiger charge is 2.75. The lowest BCUT2D eigenvalue weighted by Crippen LogP contribution is -2.69. The van der Waals surface area contributed by atoms with Crippen molar-refractivity contribution in [1.82, 2.24) is 0 Å². The minimum atomic E-state index is -0.919. The van der Waals surface area contributed by atoms with Gasteiger partial charge in [0, 0.05) is 11.8 Å². The van der Waals surface area contributed by atoms with Crippen molar-refractivity contribution in [2.24, 2.45) is 56.7 Å². The summed E-state index contributed by atoms with van der Waals surface area (Å²) in [7, 11) is 0. The van der Waals surface area contributed by atoms with Crippen LogP contribution in [-0.2, 0) is 14.4 Å². The van der Waals surface area contributed by atoms with E-state index in [0.717, 1.165) is 44.1 Å². The van der Waals surface area contributed by atoms with Crippen LogP contribution in [0.5, 0.6) is 0 Å². The molecule has 0 aromatic heterocycles. The average molecular weight is 485 g/mol. The Morgan fingerprint density at radius 3 is 2.14 bits per heavy atom. The zero-order valence-corrected chi connectivity index (χ0v) is 22.3. The van der Waals surface area contributed by atoms with E-state index in [1.165, 1.54) is 0 Å². The van der Waals surface area contributed by atoms with Gasteiger partial charge in [0.25, 0.3) is 0 Å². The van der Waals surface area contributed by atoms with Crippen LogP contribution in [0.2, 0.25) is 0 Å². The zero-order valence-electron chi connectivity index (χ0n) is 22.3. The van der Waals surface area contributed by atoms with Gasteiger partial charge in [-0.2, -0.15) is 0 Å². The van der Waals surface area contributed by atoms with E-state index < -0.39 is 28.2 Å². The van der Waals surface area contributed by atoms with Gasteiger partial charge >= 0.3 is 11.9 Å². The summed E-state index contributed by atoms with van der Waals surface area (Å²) in [6, 6.07) is 0. The first-order valence-corrected chi connectivity index (χ1v) is 13.9. The van der Waals surface area contributed by atoms with Crippen molar-refractivity contribution < 1.29 is 24.6 Å². The molecule has 0 amide bonds. The minimum absolute atomic E-state index is 0.0669. The quantitative estimate of drug-likeness (QED) is 0.455. The van der Waals surface area contributed by atoms with Gasteiger partial charge in [-0.3, -0.25) is 14.4 Å². The number of hydrogen-bond acceptors (Lipinski definition) is 3. The van der Waals surface area contributed by atoms with E-state index >= 15 is 0 Å². The van der Waals surface area contributed by atoms with Crippen molar-refractivity contribution in [3.63, 3.8) is 0 Å². The van der Waals surface area contributed by atoms with E-state index in [2.05, 4.69) is 34.3 Å². The van der Waals surface area contributed by atoms with Crippen LogP contribution in [0.25, 0.3) is 0 Å². The van der Waals surface area contributed by atoms with Gasteiger partial charge in [0.1, 0.15) is 5.78 Å². The van der Waals surface area contributed by atoms with Crippen molar-refractivity contribution >= 4 is 17.7 Å². The molecule has 5 rings (SSSR count). The van der Waals surface area contributed by atoms with E-state index in [9.17, 15) is 24.6 Å². The highest BCUT2D eigenvalue weighted by Crippen LogP contribution is 2.77. The van der Waals surface area contributed by atoms with Crippen molar-refractivity contribution in [1.29, 1.82) is 0 Å². The van der Waals surface area contributed by atoms with Gasteiger partial charge in [-0.15, -0.1) is 0 Å². The maximum absolute atomic E-state index is 13.5. The van der Waals surface area contributed by atoms with Crippen molar-refractivity contribution in [2.75, 3.05) is 0 Å². The molecular formula is C30H44O5. The summed E-state index contributed by atoms with van der Waals surface area (Å²) in [5.74, 6) is -0.819. The van der Waals surface area contributed by atoms with E-state index in [-0.39, 0.29) is 40.4 Å². The zero-order chi connectivity index (χ0) is 25.8. The molecule has 5 saturated carbocycles. The third-order valence-corrected chi connectivity index (χ3v) is 13.0. The Morgan fingerprint density at radius 1 is 0.857 bits per heavy atom. The Kier molecular flexibility index (Phi) is 5.32. The minimum Gasteiger partial charge on any atom is -0.481 e. The van der Waals surface area contributed by atoms with E-state index in [4.69, 9.17) is 0 Å². The van der Waals surface area contributed by atoms with Crippen molar-refractivity contribution in [2.45, 2.75) is 98.8 Å². The standard InChI is InChI=1S/C30H44O5/c1-17(2)18-9-14-29(24(32)33)15-16-30(25(34)35)19(23(18)29)7-8-21-27(5)12-11-22(31)26(3,4)20(27)10-13-28(21,30)6/h18-21,23H,1,7-16H2,2-6H3,(H,32,33)(H,34,35)/t18-,19+,20-,21-,23+,27-,28+,29-,30+/m0/s1. The number of rotatable bonds is 3. The molecule has 35 heavy (non-hydrogen) atoms. The fraction of sp³-hybridized carbons (Fsp3) is 0.833. The number of carbonyl (C=O) groups excluding carboxylic acids is 1. The molecule has 0 saturated heterocycles. The van der Waals surface area contributed by atoms with Crippen molar-refractivity contribution in [3.8, 4) is 0 Å². The van der Waals surface area contributed by atoms with Gasteiger partial charge < -0.3 is 10.2 Å². The smallest absolute Gasteiger partial charge is 0.310 e. The number of fused-ring (bicyclic) bond motifs is 7. The highest BCUT2D eigenvalue weighted by molar-refractivity contribution is 5.85. The molecule has 0 spiro atoms. The molecule has 9 atom stereocenters. The Labute approximate surface area is 210 Å². The van der Waals surface area contributed by atoms with Crippen LogP contribution >= 0.6 is 0 Å². The average Bonchev–Trinajstić information content (AvgIpc) is 3.18. The summed E-state index contributed by atoms with van der Waals surface area (Å²) in [5, 5.41) is 21.6. The molecule has 5 aliphatic carbocycles. The molecule has 0 bridgehead atoms. The molecule has 5 aliphatic rings. The second kappa shape index (κ2) is 7.44. The Hall–Kier alpha value is -1.65. The number of allylic oxidation sites excluding steroid dienone is 1. The Balaban J connectivity index is 1.64. The first-order valence-electron chi connectivity index (χ1n) is 13.9. The number of ketones is 1. The summed E-state index contributed by atoms with van der Waals surface area (Å²) in [6.07, 6.45) is 7.15. The number of carboxylic acid groups (broad SMARTS) is 2. The van der Waals surface area contributed by atoms with Gasteiger partial charge in [0.2, 0.25) is 0 Å². The molecule has 5 heteroatoms. The molecule has 2 N–H and O–H groups in total. The topological polar surface area (TPSA) is 91.7 Å². The summed E-state index contributed by atoms with van der Waals surface area (Å²) >= 11 is 0. The van der Waals surface area contributed by atoms with E-state index in [1.54, 1.807) is 0 Å². The van der Waals surface area contributed by atoms with Crippen LogP contribution < -0.4 is 0 Å². The van der Waals surface area contributed by atoms with Crippen LogP contribution in [0.1, 0.15) is 98.8 Å². The lowest BCUT2D eigenvalue weighted by atomic mass is 9.32. The van der Waals surface area contributed by atoms with Crippen LogP contribution in [-0.4, -0.2) is 27.9 Å². The van der Waals surface area contributed by atoms with E-state index in [0.29, 0.717) is 31.5 Å². The second-order valence-electron chi connectivity index (χ2n) is 14.2. The highest BCUT2D eigenvalue weighted by atomic mass is 16.4. The Bertz CT molecular complexity index is 997. The fourth-order valence-electron chi connectivity index (χ4n) is 11.4. The molecule has 0 radical (unpaired) electrons. The van der Waals surface area contributed by atoms with Crippen LogP contribution in [0.15, 0.2) is 12.2 Å². The lowest BCUT2D eigenvalue weighted by Gasteiger charge is -2.71. The molecule has 194 valence electrons. The summed E-state index contributed by atoms with van der Waals surface area (Å²) < 4.78 is 0. The van der Waals surface area contributed by atoms with Gasteiger partial charge in [0.05, 0.1) is 10.8 Å². The summed E-state index contributed by atoms with van der Waals surface area (Å²) in [6.45, 7) is 15.0. The van der Waals surface area contributed by atoms with Gasteiger partial charge in [0.15, 0.2) is 0 Å². The molecule has 5 fully saturated rings. The molecule has 5 nitrogen and oxygen atoms in total. The molecule has 0 heterocycles. The van der Waals surface area contributed by atoms with E-state index in [1.807, 2.05) is 6.92 Å². The van der Waals surface area contributed by atoms with Crippen LogP contribution in [0.4, 0.5) is 0 Å². The fourth-order valence-corrected chi connectivity index (χ4v) is 11.4. The molecular weight excluding hydrogens is 440 g/mol. The normalized spacial score (nSPS) is 50.3. The second-order valence-corrected chi connectivity index (χ2v) is 14.2. The van der Waals surface area contributed by atoms with Crippen molar-refractivity contribution in [3.05, 3.63) is 12.2 Å². The first-order chi connectivity index (χ1) is 16.2.